The Morgan fingerprint density at radius 3 is 2.55 bits per heavy atom. The topological polar surface area (TPSA) is 98.7 Å². The van der Waals surface area contributed by atoms with Crippen LogP contribution in [-0.2, 0) is 0 Å². The molecule has 0 aliphatic heterocycles. The highest BCUT2D eigenvalue weighted by Gasteiger charge is 2.33. The molecule has 31 heavy (non-hydrogen) atoms. The Bertz CT molecular complexity index is 1230. The van der Waals surface area contributed by atoms with Crippen LogP contribution in [0.1, 0.15) is 58.5 Å². The number of aromatic nitrogens is 5. The predicted octanol–water partition coefficient (Wildman–Crippen LogP) is 3.49. The van der Waals surface area contributed by atoms with Crippen LogP contribution in [0.3, 0.4) is 0 Å². The van der Waals surface area contributed by atoms with Crippen LogP contribution in [0.15, 0.2) is 59.1 Å². The average molecular weight is 418 g/mol. The third kappa shape index (κ3) is 3.81. The maximum absolute atomic E-state index is 14.5. The van der Waals surface area contributed by atoms with Crippen LogP contribution >= 0.6 is 0 Å². The molecule has 0 radical (unpaired) electrons. The molecule has 9 heteroatoms. The molecule has 0 saturated heterocycles. The lowest BCUT2D eigenvalue weighted by Crippen LogP contribution is -2.31. The van der Waals surface area contributed by atoms with Crippen molar-refractivity contribution in [3.8, 4) is 5.69 Å². The number of para-hydroxylation sites is 1. The van der Waals surface area contributed by atoms with Gasteiger partial charge in [-0.15, -0.1) is 5.10 Å². The minimum absolute atomic E-state index is 0.00677. The maximum atomic E-state index is 14.5. The number of nitrogens with zero attached hydrogens (tertiary/aromatic N) is 5. The third-order valence-corrected chi connectivity index (χ3v) is 5.07. The van der Waals surface area contributed by atoms with E-state index in [1.807, 2.05) is 30.3 Å². The molecule has 1 atom stereocenters. The molecule has 1 amide bonds. The minimum atomic E-state index is -0.945. The number of aryl methyl sites for hydroxylation is 1. The molecule has 1 fully saturated rings. The van der Waals surface area contributed by atoms with Gasteiger partial charge in [0, 0.05) is 18.4 Å². The van der Waals surface area contributed by atoms with Gasteiger partial charge in [-0.1, -0.05) is 41.6 Å². The summed E-state index contributed by atoms with van der Waals surface area (Å²) in [5.74, 6) is 0.455. The Morgan fingerprint density at radius 1 is 1.13 bits per heavy atom. The van der Waals surface area contributed by atoms with E-state index in [0.29, 0.717) is 5.89 Å². The number of hydrogen-bond acceptors (Lipinski definition) is 6. The Balaban J connectivity index is 1.50. The molecule has 2 heterocycles. The summed E-state index contributed by atoms with van der Waals surface area (Å²) < 4.78 is 21.3. The van der Waals surface area contributed by atoms with Crippen molar-refractivity contribution >= 4 is 5.91 Å². The van der Waals surface area contributed by atoms with Crippen molar-refractivity contribution in [2.75, 3.05) is 0 Å². The second kappa shape index (κ2) is 7.75. The Labute approximate surface area is 177 Å². The molecule has 2 aromatic carbocycles. The summed E-state index contributed by atoms with van der Waals surface area (Å²) in [6.07, 6.45) is 2.01. The largest absolute Gasteiger partial charge is 0.340 e. The van der Waals surface area contributed by atoms with Crippen LogP contribution < -0.4 is 5.32 Å². The Kier molecular flexibility index (Phi) is 4.78. The summed E-state index contributed by atoms with van der Waals surface area (Å²) in [4.78, 5) is 21.8. The summed E-state index contributed by atoms with van der Waals surface area (Å²) in [6.45, 7) is 1.63. The lowest BCUT2D eigenvalue weighted by Gasteiger charge is -2.15. The summed E-state index contributed by atoms with van der Waals surface area (Å²) in [6, 6.07) is 14.7. The highest BCUT2D eigenvalue weighted by atomic mass is 19.1. The number of hydrogen-bond donors (Lipinski definition) is 1. The van der Waals surface area contributed by atoms with Gasteiger partial charge < -0.3 is 9.84 Å². The van der Waals surface area contributed by atoms with Gasteiger partial charge in [-0.05, 0) is 31.0 Å². The van der Waals surface area contributed by atoms with Gasteiger partial charge in [-0.25, -0.2) is 14.1 Å². The zero-order valence-corrected chi connectivity index (χ0v) is 16.7. The van der Waals surface area contributed by atoms with Gasteiger partial charge >= 0.3 is 0 Å². The van der Waals surface area contributed by atoms with Gasteiger partial charge in [-0.3, -0.25) is 4.79 Å². The fraction of sp³-hybridized carbons (Fsp3) is 0.227. The van der Waals surface area contributed by atoms with E-state index < -0.39 is 17.8 Å². The second-order valence-corrected chi connectivity index (χ2v) is 7.41. The molecule has 5 rings (SSSR count). The molecule has 1 saturated carbocycles. The second-order valence-electron chi connectivity index (χ2n) is 7.41. The van der Waals surface area contributed by atoms with Gasteiger partial charge in [0.1, 0.15) is 17.7 Å². The van der Waals surface area contributed by atoms with E-state index in [0.717, 1.165) is 24.4 Å². The quantitative estimate of drug-likeness (QED) is 0.515. The molecule has 1 unspecified atom stereocenters. The normalized spacial score (nSPS) is 14.4. The van der Waals surface area contributed by atoms with Crippen molar-refractivity contribution in [2.45, 2.75) is 31.7 Å². The van der Waals surface area contributed by atoms with Gasteiger partial charge in [-0.2, -0.15) is 4.98 Å². The first kappa shape index (κ1) is 19.1. The number of amides is 1. The number of halogens is 1. The molecule has 1 aliphatic rings. The molecule has 156 valence electrons. The molecule has 2 aromatic heterocycles. The van der Waals surface area contributed by atoms with E-state index in [9.17, 15) is 9.18 Å². The van der Waals surface area contributed by atoms with Crippen molar-refractivity contribution in [3.05, 3.63) is 89.3 Å². The smallest absolute Gasteiger partial charge is 0.291 e. The van der Waals surface area contributed by atoms with Crippen molar-refractivity contribution in [2.24, 2.45) is 0 Å². The predicted molar refractivity (Wildman–Crippen MR) is 108 cm³/mol. The summed E-state index contributed by atoms with van der Waals surface area (Å²) in [5.41, 5.74) is 1.05. The zero-order valence-electron chi connectivity index (χ0n) is 16.7. The zero-order chi connectivity index (χ0) is 21.4. The molecular weight excluding hydrogens is 399 g/mol. The first-order chi connectivity index (χ1) is 15.1. The maximum Gasteiger partial charge on any atom is 0.291 e. The molecule has 8 nitrogen and oxygen atoms in total. The molecule has 1 aliphatic carbocycles. The van der Waals surface area contributed by atoms with E-state index in [1.54, 1.807) is 29.8 Å². The number of carbonyl (C=O) groups is 1. The lowest BCUT2D eigenvalue weighted by molar-refractivity contribution is 0.0930. The fourth-order valence-corrected chi connectivity index (χ4v) is 3.40. The van der Waals surface area contributed by atoms with E-state index in [1.165, 1.54) is 6.07 Å². The SMILES string of the molecule is Cc1nc(C(NC(=O)c2nc(C3CC3)n(-c3ccccc3)n2)c2ccccc2F)no1. The van der Waals surface area contributed by atoms with Crippen molar-refractivity contribution in [3.63, 3.8) is 0 Å². The number of carbonyl (C=O) groups excluding carboxylic acids is 1. The Hall–Kier alpha value is -3.88. The first-order valence-electron chi connectivity index (χ1n) is 9.98. The highest BCUT2D eigenvalue weighted by molar-refractivity contribution is 5.91. The van der Waals surface area contributed by atoms with Crippen LogP contribution in [0, 0.1) is 12.7 Å². The summed E-state index contributed by atoms with van der Waals surface area (Å²) in [7, 11) is 0. The third-order valence-electron chi connectivity index (χ3n) is 5.07. The molecule has 0 bridgehead atoms. The summed E-state index contributed by atoms with van der Waals surface area (Å²) >= 11 is 0. The van der Waals surface area contributed by atoms with Gasteiger partial charge in [0.25, 0.3) is 5.91 Å². The van der Waals surface area contributed by atoms with E-state index in [-0.39, 0.29) is 23.1 Å². The number of nitrogens with one attached hydrogen (secondary N) is 1. The molecule has 0 spiro atoms. The van der Waals surface area contributed by atoms with Crippen LogP contribution in [0.2, 0.25) is 0 Å². The van der Waals surface area contributed by atoms with Crippen LogP contribution in [0.5, 0.6) is 0 Å². The first-order valence-corrected chi connectivity index (χ1v) is 9.98. The van der Waals surface area contributed by atoms with Gasteiger partial charge in [0.15, 0.2) is 5.82 Å². The Morgan fingerprint density at radius 2 is 1.87 bits per heavy atom. The van der Waals surface area contributed by atoms with Crippen molar-refractivity contribution in [1.29, 1.82) is 0 Å². The molecular formula is C22H19FN6O2. The van der Waals surface area contributed by atoms with E-state index in [2.05, 4.69) is 25.5 Å². The van der Waals surface area contributed by atoms with Crippen LogP contribution in [-0.4, -0.2) is 30.8 Å². The van der Waals surface area contributed by atoms with Crippen LogP contribution in [0.4, 0.5) is 4.39 Å². The minimum Gasteiger partial charge on any atom is -0.340 e. The van der Waals surface area contributed by atoms with E-state index in [4.69, 9.17) is 4.52 Å². The lowest BCUT2D eigenvalue weighted by atomic mass is 10.1. The van der Waals surface area contributed by atoms with Crippen LogP contribution in [0.25, 0.3) is 5.69 Å². The highest BCUT2D eigenvalue weighted by Crippen LogP contribution is 2.39. The molecule has 4 aromatic rings. The fourth-order valence-electron chi connectivity index (χ4n) is 3.40. The number of rotatable bonds is 6. The standard InChI is InChI=1S/C22H19FN6O2/c1-13-24-19(28-31-13)18(16-9-5-6-10-17(16)23)25-22(30)20-26-21(14-11-12-14)29(27-20)15-7-3-2-4-8-15/h2-10,14,18H,11-12H2,1H3,(H,25,30). The van der Waals surface area contributed by atoms with E-state index >= 15 is 0 Å². The molecule has 1 N–H and O–H groups in total. The summed E-state index contributed by atoms with van der Waals surface area (Å²) in [5, 5.41) is 11.1. The monoisotopic (exact) mass is 418 g/mol. The van der Waals surface area contributed by atoms with Crippen molar-refractivity contribution < 1.29 is 13.7 Å². The van der Waals surface area contributed by atoms with Gasteiger partial charge in [0.05, 0.1) is 5.69 Å². The number of benzene rings is 2. The van der Waals surface area contributed by atoms with Crippen molar-refractivity contribution in [1.82, 2.24) is 30.2 Å². The average Bonchev–Trinajstić information content (AvgIpc) is 3.38. The van der Waals surface area contributed by atoms with Gasteiger partial charge in [0.2, 0.25) is 11.7 Å².